The van der Waals surface area contributed by atoms with Gasteiger partial charge in [-0.3, -0.25) is 9.78 Å². The topological polar surface area (TPSA) is 111 Å². The van der Waals surface area contributed by atoms with Crippen molar-refractivity contribution in [3.63, 3.8) is 0 Å². The number of hydrogen-bond donors (Lipinski definition) is 2. The van der Waals surface area contributed by atoms with E-state index < -0.39 is 5.43 Å². The Morgan fingerprint density at radius 2 is 2.00 bits per heavy atom. The molecule has 0 fully saturated rings. The monoisotopic (exact) mass is 359 g/mol. The molecule has 0 amide bonds. The molecule has 136 valence electrons. The van der Waals surface area contributed by atoms with E-state index in [-0.39, 0.29) is 47.4 Å². The Morgan fingerprint density at radius 1 is 1.23 bits per heavy atom. The van der Waals surface area contributed by atoms with Crippen LogP contribution in [0.4, 0.5) is 0 Å². The van der Waals surface area contributed by atoms with Crippen LogP contribution < -0.4 is 19.6 Å². The highest BCUT2D eigenvalue weighted by atomic mass is 16.6. The number of hydrogen-bond acceptors (Lipinski definition) is 8. The number of aromatic hydroxyl groups is 1. The zero-order chi connectivity index (χ0) is 18.5. The van der Waals surface area contributed by atoms with Crippen molar-refractivity contribution in [3.8, 4) is 28.9 Å². The molecule has 8 heteroatoms. The van der Waals surface area contributed by atoms with Gasteiger partial charge in [0, 0.05) is 31.5 Å². The van der Waals surface area contributed by atoms with Gasteiger partial charge < -0.3 is 28.8 Å². The summed E-state index contributed by atoms with van der Waals surface area (Å²) in [5.41, 5.74) is -0.410. The second kappa shape index (κ2) is 7.75. The lowest BCUT2D eigenvalue weighted by molar-refractivity contribution is 0.226. The van der Waals surface area contributed by atoms with E-state index in [4.69, 9.17) is 23.7 Å². The van der Waals surface area contributed by atoms with Crippen molar-refractivity contribution in [1.29, 1.82) is 0 Å². The number of rotatable bonds is 7. The van der Waals surface area contributed by atoms with Gasteiger partial charge in [-0.1, -0.05) is 0 Å². The van der Waals surface area contributed by atoms with Gasteiger partial charge in [-0.05, 0) is 12.1 Å². The summed E-state index contributed by atoms with van der Waals surface area (Å²) < 4.78 is 21.7. The fraction of sp³-hybridized carbons (Fsp3) is 0.222. The number of phenolic OH excluding ortho intramolecular Hbond substituents is 1. The largest absolute Gasteiger partial charge is 0.504 e. The van der Waals surface area contributed by atoms with Crippen LogP contribution in [0.1, 0.15) is 6.42 Å². The highest BCUT2D eigenvalue weighted by Crippen LogP contribution is 2.42. The molecule has 2 aromatic heterocycles. The number of nitrogens with zero attached hydrogens (tertiary/aromatic N) is 1. The maximum absolute atomic E-state index is 12.4. The van der Waals surface area contributed by atoms with E-state index in [0.29, 0.717) is 12.2 Å². The average molecular weight is 359 g/mol. The average Bonchev–Trinajstić information content (AvgIpc) is 2.62. The number of benzene rings is 1. The van der Waals surface area contributed by atoms with Crippen LogP contribution in [-0.2, 0) is 0 Å². The van der Waals surface area contributed by atoms with Gasteiger partial charge in [0.15, 0.2) is 11.5 Å². The molecule has 3 rings (SSSR count). The summed E-state index contributed by atoms with van der Waals surface area (Å²) in [6.45, 7) is 0.163. The van der Waals surface area contributed by atoms with Crippen LogP contribution in [0.15, 0.2) is 45.9 Å². The van der Waals surface area contributed by atoms with E-state index in [1.807, 2.05) is 0 Å². The second-order valence-electron chi connectivity index (χ2n) is 5.27. The molecule has 0 saturated carbocycles. The Labute approximate surface area is 148 Å². The molecule has 0 unspecified atom stereocenters. The minimum Gasteiger partial charge on any atom is -0.504 e. The van der Waals surface area contributed by atoms with Crippen LogP contribution in [0.3, 0.4) is 0 Å². The number of aromatic nitrogens is 1. The smallest absolute Gasteiger partial charge is 0.294 e. The first-order valence-corrected chi connectivity index (χ1v) is 7.83. The SMILES string of the molecule is COc1c(OCCCO)cc2oc(Oc3ccncc3)cc(=O)c2c1O. The molecule has 1 aromatic carbocycles. The van der Waals surface area contributed by atoms with Gasteiger partial charge in [-0.25, -0.2) is 0 Å². The second-order valence-corrected chi connectivity index (χ2v) is 5.27. The van der Waals surface area contributed by atoms with Crippen molar-refractivity contribution < 1.29 is 28.8 Å². The zero-order valence-corrected chi connectivity index (χ0v) is 14.0. The van der Waals surface area contributed by atoms with Crippen molar-refractivity contribution >= 4 is 11.0 Å². The zero-order valence-electron chi connectivity index (χ0n) is 14.0. The molecular formula is C18H17NO7. The summed E-state index contributed by atoms with van der Waals surface area (Å²) in [6.07, 6.45) is 3.48. The van der Waals surface area contributed by atoms with Crippen molar-refractivity contribution in [2.75, 3.05) is 20.3 Å². The number of pyridine rings is 1. The van der Waals surface area contributed by atoms with Crippen molar-refractivity contribution in [3.05, 3.63) is 46.9 Å². The van der Waals surface area contributed by atoms with E-state index in [9.17, 15) is 9.90 Å². The fourth-order valence-corrected chi connectivity index (χ4v) is 2.36. The molecule has 0 spiro atoms. The van der Waals surface area contributed by atoms with Crippen LogP contribution in [0.25, 0.3) is 11.0 Å². The van der Waals surface area contributed by atoms with Gasteiger partial charge in [0.25, 0.3) is 5.95 Å². The van der Waals surface area contributed by atoms with E-state index in [2.05, 4.69) is 4.98 Å². The van der Waals surface area contributed by atoms with Crippen molar-refractivity contribution in [2.45, 2.75) is 6.42 Å². The van der Waals surface area contributed by atoms with Crippen LogP contribution in [-0.4, -0.2) is 35.5 Å². The Kier molecular flexibility index (Phi) is 5.23. The van der Waals surface area contributed by atoms with E-state index in [1.165, 1.54) is 25.6 Å². The Bertz CT molecular complexity index is 953. The summed E-state index contributed by atoms with van der Waals surface area (Å²) in [6, 6.07) is 5.79. The molecule has 2 heterocycles. The molecule has 0 saturated heterocycles. The van der Waals surface area contributed by atoms with Crippen molar-refractivity contribution in [1.82, 2.24) is 4.98 Å². The minimum atomic E-state index is -0.493. The fourth-order valence-electron chi connectivity index (χ4n) is 2.36. The number of phenols is 1. The predicted octanol–water partition coefficient (Wildman–Crippen LogP) is 2.46. The van der Waals surface area contributed by atoms with Gasteiger partial charge in [0.05, 0.1) is 19.8 Å². The van der Waals surface area contributed by atoms with Crippen molar-refractivity contribution in [2.24, 2.45) is 0 Å². The summed E-state index contributed by atoms with van der Waals surface area (Å²) in [5.74, 6) is 0.230. The molecule has 0 bridgehead atoms. The van der Waals surface area contributed by atoms with Gasteiger partial charge >= 0.3 is 0 Å². The van der Waals surface area contributed by atoms with E-state index >= 15 is 0 Å². The first-order chi connectivity index (χ1) is 12.6. The van der Waals surface area contributed by atoms with Crippen LogP contribution >= 0.6 is 0 Å². The Morgan fingerprint density at radius 3 is 2.69 bits per heavy atom. The number of fused-ring (bicyclic) bond motifs is 1. The van der Waals surface area contributed by atoms with Crippen LogP contribution in [0, 0.1) is 0 Å². The standard InChI is InChI=1S/C18H17NO7/c1-23-18-14(24-8-2-7-20)10-13-16(17(18)22)12(21)9-15(26-13)25-11-3-5-19-6-4-11/h3-6,9-10,20,22H,2,7-8H2,1H3. The maximum atomic E-state index is 12.4. The summed E-state index contributed by atoms with van der Waals surface area (Å²) in [5, 5.41) is 19.2. The lowest BCUT2D eigenvalue weighted by atomic mass is 10.2. The first kappa shape index (κ1) is 17.6. The summed E-state index contributed by atoms with van der Waals surface area (Å²) in [7, 11) is 1.35. The lowest BCUT2D eigenvalue weighted by Crippen LogP contribution is -2.05. The minimum absolute atomic E-state index is 0.0190. The molecule has 2 N–H and O–H groups in total. The molecule has 0 atom stereocenters. The van der Waals surface area contributed by atoms with E-state index in [1.54, 1.807) is 12.1 Å². The molecule has 0 aliphatic rings. The third-order valence-electron chi connectivity index (χ3n) is 3.52. The van der Waals surface area contributed by atoms with Gasteiger partial charge in [0.1, 0.15) is 16.7 Å². The van der Waals surface area contributed by atoms with Gasteiger partial charge in [0.2, 0.25) is 11.2 Å². The van der Waals surface area contributed by atoms with Crippen LogP contribution in [0.2, 0.25) is 0 Å². The highest BCUT2D eigenvalue weighted by molar-refractivity contribution is 5.88. The first-order valence-electron chi connectivity index (χ1n) is 7.83. The third kappa shape index (κ3) is 3.55. The Hall–Kier alpha value is -3.26. The molecule has 26 heavy (non-hydrogen) atoms. The van der Waals surface area contributed by atoms with Gasteiger partial charge in [-0.15, -0.1) is 0 Å². The van der Waals surface area contributed by atoms with Gasteiger partial charge in [-0.2, -0.15) is 0 Å². The molecular weight excluding hydrogens is 342 g/mol. The predicted molar refractivity (Wildman–Crippen MR) is 92.2 cm³/mol. The molecule has 3 aromatic rings. The highest BCUT2D eigenvalue weighted by Gasteiger charge is 2.20. The molecule has 0 radical (unpaired) electrons. The number of ether oxygens (including phenoxy) is 3. The third-order valence-corrected chi connectivity index (χ3v) is 3.52. The molecule has 8 nitrogen and oxygen atoms in total. The summed E-state index contributed by atoms with van der Waals surface area (Å²) >= 11 is 0. The van der Waals surface area contributed by atoms with Crippen LogP contribution in [0.5, 0.6) is 28.9 Å². The number of aliphatic hydroxyl groups excluding tert-OH is 1. The number of aliphatic hydroxyl groups is 1. The Balaban J connectivity index is 2.06. The quantitative estimate of drug-likeness (QED) is 0.619. The molecule has 0 aliphatic carbocycles. The normalized spacial score (nSPS) is 10.7. The summed E-state index contributed by atoms with van der Waals surface area (Å²) in [4.78, 5) is 16.3. The number of methoxy groups -OCH3 is 1. The lowest BCUT2D eigenvalue weighted by Gasteiger charge is -2.13. The van der Waals surface area contributed by atoms with E-state index in [0.717, 1.165) is 6.07 Å². The molecule has 0 aliphatic heterocycles. The maximum Gasteiger partial charge on any atom is 0.294 e.